The fraction of sp³-hybridized carbons (Fsp3) is 0.750. The van der Waals surface area contributed by atoms with Crippen LogP contribution in [0.3, 0.4) is 0 Å². The molecule has 0 heterocycles. The van der Waals surface area contributed by atoms with Gasteiger partial charge in [-0.3, -0.25) is 0 Å². The minimum absolute atomic E-state index is 0.104. The van der Waals surface area contributed by atoms with E-state index in [1.165, 1.54) is 6.42 Å². The van der Waals surface area contributed by atoms with Crippen molar-refractivity contribution < 1.29 is 19.6 Å². The molecule has 0 bridgehead atoms. The van der Waals surface area contributed by atoms with Crippen LogP contribution in [-0.2, 0) is 14.5 Å². The summed E-state index contributed by atoms with van der Waals surface area (Å²) in [6.45, 7) is 0. The van der Waals surface area contributed by atoms with Gasteiger partial charge in [-0.2, -0.15) is 0 Å². The second-order valence-electron chi connectivity index (χ2n) is 3.06. The molecular weight excluding hydrogens is 224 g/mol. The van der Waals surface area contributed by atoms with Gasteiger partial charge in [0.05, 0.1) is 0 Å². The monoisotopic (exact) mass is 236 g/mol. The first-order valence-electron chi connectivity index (χ1n) is 4.46. The molecule has 0 spiro atoms. The highest BCUT2D eigenvalue weighted by molar-refractivity contribution is 7.80. The quantitative estimate of drug-likeness (QED) is 0.428. The van der Waals surface area contributed by atoms with Gasteiger partial charge in [0, 0.05) is 24.4 Å². The largest absolute Gasteiger partial charge is 0.470 e. The SMILES string of the molecule is OC(=S)OOC(=S)OC1CCCCC1. The Hall–Kier alpha value is -0.620. The molecular formula is C8H12O4S2. The predicted octanol–water partition coefficient (Wildman–Crippen LogP) is 2.41. The van der Waals surface area contributed by atoms with Crippen LogP contribution >= 0.6 is 24.4 Å². The standard InChI is InChI=1S/C8H12O4S2/c9-7(13)11-12-8(14)10-6-4-2-1-3-5-6/h6H,1-5H2,(H,9,13). The Morgan fingerprint density at radius 1 is 1.07 bits per heavy atom. The van der Waals surface area contributed by atoms with Crippen molar-refractivity contribution in [3.8, 4) is 0 Å². The van der Waals surface area contributed by atoms with Gasteiger partial charge in [0.2, 0.25) is 0 Å². The van der Waals surface area contributed by atoms with E-state index in [9.17, 15) is 0 Å². The maximum absolute atomic E-state index is 8.48. The zero-order valence-electron chi connectivity index (χ0n) is 7.60. The average molecular weight is 236 g/mol. The highest BCUT2D eigenvalue weighted by Crippen LogP contribution is 2.20. The van der Waals surface area contributed by atoms with E-state index in [0.29, 0.717) is 0 Å². The average Bonchev–Trinajstić information content (AvgIpc) is 2.16. The molecule has 6 heteroatoms. The maximum Gasteiger partial charge on any atom is 0.400 e. The summed E-state index contributed by atoms with van der Waals surface area (Å²) < 4.78 is 5.26. The third-order valence-electron chi connectivity index (χ3n) is 2.00. The molecule has 0 aliphatic heterocycles. The molecule has 1 rings (SSSR count). The van der Waals surface area contributed by atoms with Crippen LogP contribution in [0.2, 0.25) is 0 Å². The van der Waals surface area contributed by atoms with Crippen LogP contribution in [0.4, 0.5) is 0 Å². The third-order valence-corrected chi connectivity index (χ3v) is 2.23. The number of aliphatic hydroxyl groups excluding tert-OH is 1. The van der Waals surface area contributed by atoms with Crippen LogP contribution in [0, 0.1) is 0 Å². The van der Waals surface area contributed by atoms with E-state index >= 15 is 0 Å². The fourth-order valence-corrected chi connectivity index (χ4v) is 1.61. The molecule has 4 nitrogen and oxygen atoms in total. The minimum atomic E-state index is -0.709. The Balaban J connectivity index is 2.15. The van der Waals surface area contributed by atoms with Gasteiger partial charge in [-0.05, 0) is 25.7 Å². The van der Waals surface area contributed by atoms with E-state index in [-0.39, 0.29) is 11.3 Å². The zero-order valence-corrected chi connectivity index (χ0v) is 9.23. The van der Waals surface area contributed by atoms with Crippen LogP contribution in [0.25, 0.3) is 0 Å². The molecule has 1 saturated carbocycles. The molecule has 1 N–H and O–H groups in total. The molecule has 0 atom stereocenters. The zero-order chi connectivity index (χ0) is 10.4. The van der Waals surface area contributed by atoms with Crippen molar-refractivity contribution in [3.05, 3.63) is 0 Å². The van der Waals surface area contributed by atoms with Crippen molar-refractivity contribution >= 4 is 34.9 Å². The van der Waals surface area contributed by atoms with Gasteiger partial charge in [0.1, 0.15) is 6.10 Å². The molecule has 1 aliphatic rings. The number of hydrogen-bond acceptors (Lipinski definition) is 5. The van der Waals surface area contributed by atoms with E-state index in [2.05, 4.69) is 22.0 Å². The van der Waals surface area contributed by atoms with Crippen molar-refractivity contribution in [2.45, 2.75) is 38.2 Å². The Morgan fingerprint density at radius 2 is 1.71 bits per heavy atom. The summed E-state index contributed by atoms with van der Waals surface area (Å²) in [4.78, 5) is 8.59. The van der Waals surface area contributed by atoms with Gasteiger partial charge in [0.25, 0.3) is 0 Å². The summed E-state index contributed by atoms with van der Waals surface area (Å²) in [6.07, 6.45) is 5.59. The number of rotatable bonds is 1. The van der Waals surface area contributed by atoms with Gasteiger partial charge in [-0.25, -0.2) is 9.78 Å². The molecule has 1 fully saturated rings. The highest BCUT2D eigenvalue weighted by Gasteiger charge is 2.17. The Labute approximate surface area is 93.1 Å². The van der Waals surface area contributed by atoms with Crippen molar-refractivity contribution in [2.75, 3.05) is 0 Å². The lowest BCUT2D eigenvalue weighted by molar-refractivity contribution is -0.169. The van der Waals surface area contributed by atoms with E-state index in [4.69, 9.17) is 22.1 Å². The Kier molecular flexibility index (Phi) is 4.89. The van der Waals surface area contributed by atoms with Gasteiger partial charge >= 0.3 is 10.5 Å². The molecule has 0 aromatic heterocycles. The van der Waals surface area contributed by atoms with Crippen molar-refractivity contribution in [1.29, 1.82) is 0 Å². The number of hydrogen-bond donors (Lipinski definition) is 1. The van der Waals surface area contributed by atoms with Crippen molar-refractivity contribution in [2.24, 2.45) is 0 Å². The smallest absolute Gasteiger partial charge is 0.400 e. The Morgan fingerprint density at radius 3 is 2.29 bits per heavy atom. The lowest BCUT2D eigenvalue weighted by atomic mass is 9.98. The summed E-state index contributed by atoms with van der Waals surface area (Å²) in [5, 5.41) is 7.64. The van der Waals surface area contributed by atoms with Crippen LogP contribution in [-0.4, -0.2) is 21.7 Å². The summed E-state index contributed by atoms with van der Waals surface area (Å²) in [5.74, 6) is 0. The highest BCUT2D eigenvalue weighted by atomic mass is 32.1. The number of thiocarbonyl (C=S) groups is 2. The van der Waals surface area contributed by atoms with E-state index in [1.807, 2.05) is 0 Å². The fourth-order valence-electron chi connectivity index (χ4n) is 1.41. The summed E-state index contributed by atoms with van der Waals surface area (Å²) in [6, 6.07) is 0. The van der Waals surface area contributed by atoms with Crippen LogP contribution < -0.4 is 0 Å². The van der Waals surface area contributed by atoms with Crippen LogP contribution in [0.15, 0.2) is 0 Å². The normalized spacial score (nSPS) is 17.1. The molecule has 0 saturated heterocycles. The van der Waals surface area contributed by atoms with Crippen LogP contribution in [0.1, 0.15) is 32.1 Å². The molecule has 0 amide bonds. The number of aliphatic hydroxyl groups is 1. The van der Waals surface area contributed by atoms with Crippen LogP contribution in [0.5, 0.6) is 0 Å². The molecule has 0 aromatic rings. The van der Waals surface area contributed by atoms with Gasteiger partial charge in [0.15, 0.2) is 0 Å². The molecule has 14 heavy (non-hydrogen) atoms. The molecule has 0 radical (unpaired) electrons. The van der Waals surface area contributed by atoms with Crippen molar-refractivity contribution in [1.82, 2.24) is 0 Å². The summed E-state index contributed by atoms with van der Waals surface area (Å²) in [7, 11) is 0. The minimum Gasteiger partial charge on any atom is -0.470 e. The summed E-state index contributed by atoms with van der Waals surface area (Å²) in [5.41, 5.74) is 0. The molecule has 0 aromatic carbocycles. The first-order chi connectivity index (χ1) is 6.68. The van der Waals surface area contributed by atoms with Gasteiger partial charge in [-0.15, -0.1) is 0 Å². The molecule has 1 aliphatic carbocycles. The lowest BCUT2D eigenvalue weighted by Crippen LogP contribution is -2.22. The molecule has 0 unspecified atom stereocenters. The Bertz CT molecular complexity index is 213. The first kappa shape index (κ1) is 11.5. The van der Waals surface area contributed by atoms with E-state index in [0.717, 1.165) is 25.7 Å². The summed E-state index contributed by atoms with van der Waals surface area (Å²) >= 11 is 8.92. The van der Waals surface area contributed by atoms with E-state index in [1.54, 1.807) is 0 Å². The second kappa shape index (κ2) is 5.98. The predicted molar refractivity (Wildman–Crippen MR) is 58.0 cm³/mol. The number of ether oxygens (including phenoxy) is 1. The second-order valence-corrected chi connectivity index (χ2v) is 3.74. The molecule has 80 valence electrons. The maximum atomic E-state index is 8.48. The first-order valence-corrected chi connectivity index (χ1v) is 5.28. The third kappa shape index (κ3) is 4.57. The lowest BCUT2D eigenvalue weighted by Gasteiger charge is -2.21. The van der Waals surface area contributed by atoms with Gasteiger partial charge in [-0.1, -0.05) is 6.42 Å². The van der Waals surface area contributed by atoms with E-state index < -0.39 is 5.24 Å². The van der Waals surface area contributed by atoms with Crippen molar-refractivity contribution in [3.63, 3.8) is 0 Å². The topological polar surface area (TPSA) is 47.9 Å². The van der Waals surface area contributed by atoms with Gasteiger partial charge < -0.3 is 9.84 Å².